The Morgan fingerprint density at radius 1 is 1.12 bits per heavy atom. The molecule has 1 aliphatic rings. The third-order valence-electron chi connectivity index (χ3n) is 6.43. The zero-order valence-electron chi connectivity index (χ0n) is 23.6. The van der Waals surface area contributed by atoms with E-state index < -0.39 is 48.0 Å². The number of pyridine rings is 1. The summed E-state index contributed by atoms with van der Waals surface area (Å²) in [5.74, 6) is -2.91. The molecule has 41 heavy (non-hydrogen) atoms. The highest BCUT2D eigenvalue weighted by Gasteiger charge is 2.45. The summed E-state index contributed by atoms with van der Waals surface area (Å²) in [5.41, 5.74) is -0.781. The van der Waals surface area contributed by atoms with Crippen LogP contribution in [0.1, 0.15) is 33.3 Å². The maximum Gasteiger partial charge on any atom is 0.410 e. The number of nitrogens with zero attached hydrogens (tertiary/aromatic N) is 3. The van der Waals surface area contributed by atoms with Crippen LogP contribution in [-0.2, 0) is 29.6 Å². The molecule has 2 N–H and O–H groups in total. The fraction of sp³-hybridized carbons (Fsp3) is 0.615. The van der Waals surface area contributed by atoms with Crippen LogP contribution in [0.5, 0.6) is 0 Å². The smallest absolute Gasteiger partial charge is 0.410 e. The predicted molar refractivity (Wildman–Crippen MR) is 144 cm³/mol. The van der Waals surface area contributed by atoms with Crippen molar-refractivity contribution in [1.29, 1.82) is 0 Å². The number of alkyl halides is 3. The number of aromatic nitrogens is 1. The van der Waals surface area contributed by atoms with Gasteiger partial charge in [0.05, 0.1) is 17.1 Å². The second kappa shape index (κ2) is 14.8. The minimum atomic E-state index is -4.65. The van der Waals surface area contributed by atoms with Gasteiger partial charge in [0.15, 0.2) is 0 Å². The van der Waals surface area contributed by atoms with Gasteiger partial charge in [-0.1, -0.05) is 24.3 Å². The van der Waals surface area contributed by atoms with Crippen LogP contribution in [-0.4, -0.2) is 103 Å². The Balaban J connectivity index is 2.26. The lowest BCUT2D eigenvalue weighted by Crippen LogP contribution is -2.67. The average Bonchev–Trinajstić information content (AvgIpc) is 2.92. The van der Waals surface area contributed by atoms with Crippen LogP contribution in [0.2, 0.25) is 5.02 Å². The van der Waals surface area contributed by atoms with Crippen LogP contribution in [0.15, 0.2) is 31.1 Å². The van der Waals surface area contributed by atoms with E-state index in [1.54, 1.807) is 38.7 Å². The van der Waals surface area contributed by atoms with Crippen molar-refractivity contribution >= 4 is 29.5 Å². The molecule has 1 aliphatic heterocycles. The number of carbonyl (C=O) groups excluding carboxylic acids is 3. The van der Waals surface area contributed by atoms with E-state index in [-0.39, 0.29) is 46.0 Å². The van der Waals surface area contributed by atoms with Gasteiger partial charge in [-0.15, -0.1) is 0 Å². The molecule has 3 amide bonds. The highest BCUT2D eigenvalue weighted by molar-refractivity contribution is 6.30. The number of ether oxygens (including phenoxy) is 3. The zero-order valence-corrected chi connectivity index (χ0v) is 24.3. The molecule has 2 rings (SSSR count). The molecule has 0 bridgehead atoms. The summed E-state index contributed by atoms with van der Waals surface area (Å²) in [6, 6.07) is 0.269. The van der Waals surface area contributed by atoms with E-state index in [2.05, 4.69) is 16.9 Å². The average molecular weight is 608 g/mol. The number of hydrogen-bond donors (Lipinski definition) is 2. The monoisotopic (exact) mass is 607 g/mol. The van der Waals surface area contributed by atoms with Crippen LogP contribution in [0.3, 0.4) is 0 Å². The van der Waals surface area contributed by atoms with Crippen molar-refractivity contribution in [2.75, 3.05) is 52.5 Å². The molecule has 230 valence electrons. The maximum absolute atomic E-state index is 13.5. The standard InChI is InChI=1S/C26H37ClF3N5O6/c1-6-11-39-23(38)35-10-9-34(15-20(35)21(36)32-17-26(28,29)30)24(4,5)22(37)33-16-25(40-7-2,41-8-3)18-12-19(27)14-31-13-18/h6,12-14,20H,1,7-11,15-17H2,2-5H3,(H,32,36)(H,33,37)/t20-/m0/s1. The number of carbonyl (C=O) groups is 3. The van der Waals surface area contributed by atoms with Gasteiger partial charge in [-0.2, -0.15) is 13.2 Å². The van der Waals surface area contributed by atoms with Crippen molar-refractivity contribution in [2.45, 2.75) is 51.2 Å². The van der Waals surface area contributed by atoms with Crippen LogP contribution in [0.4, 0.5) is 18.0 Å². The molecule has 0 radical (unpaired) electrons. The van der Waals surface area contributed by atoms with Crippen molar-refractivity contribution < 1.29 is 41.8 Å². The second-order valence-electron chi connectivity index (χ2n) is 9.61. The van der Waals surface area contributed by atoms with E-state index in [4.69, 9.17) is 25.8 Å². The number of hydrogen-bond acceptors (Lipinski definition) is 8. The van der Waals surface area contributed by atoms with Crippen LogP contribution >= 0.6 is 11.6 Å². The first-order chi connectivity index (χ1) is 19.2. The van der Waals surface area contributed by atoms with Crippen molar-refractivity contribution in [1.82, 2.24) is 25.4 Å². The fourth-order valence-corrected chi connectivity index (χ4v) is 4.48. The summed E-state index contributed by atoms with van der Waals surface area (Å²) in [6.45, 7) is 8.65. The Morgan fingerprint density at radius 3 is 2.34 bits per heavy atom. The summed E-state index contributed by atoms with van der Waals surface area (Å²) < 4.78 is 55.3. The summed E-state index contributed by atoms with van der Waals surface area (Å²) in [4.78, 5) is 45.7. The molecule has 2 heterocycles. The molecular formula is C26H37ClF3N5O6. The van der Waals surface area contributed by atoms with Gasteiger partial charge >= 0.3 is 12.3 Å². The first-order valence-electron chi connectivity index (χ1n) is 13.0. The van der Waals surface area contributed by atoms with Gasteiger partial charge in [-0.3, -0.25) is 24.4 Å². The number of rotatable bonds is 13. The van der Waals surface area contributed by atoms with Gasteiger partial charge < -0.3 is 24.8 Å². The first kappa shape index (κ1) is 34.3. The van der Waals surface area contributed by atoms with Crippen LogP contribution in [0, 0.1) is 0 Å². The van der Waals surface area contributed by atoms with Gasteiger partial charge in [0.2, 0.25) is 17.6 Å². The lowest BCUT2D eigenvalue weighted by molar-refractivity contribution is -0.239. The number of piperazine rings is 1. The molecule has 1 aromatic heterocycles. The predicted octanol–water partition coefficient (Wildman–Crippen LogP) is 2.84. The Morgan fingerprint density at radius 2 is 1.78 bits per heavy atom. The van der Waals surface area contributed by atoms with Crippen molar-refractivity contribution in [3.8, 4) is 0 Å². The Bertz CT molecular complexity index is 1070. The van der Waals surface area contributed by atoms with E-state index in [0.29, 0.717) is 10.6 Å². The molecule has 0 unspecified atom stereocenters. The molecule has 0 aromatic carbocycles. The summed E-state index contributed by atoms with van der Waals surface area (Å²) in [5, 5.41) is 5.00. The first-order valence-corrected chi connectivity index (χ1v) is 13.4. The molecule has 1 aromatic rings. The topological polar surface area (TPSA) is 122 Å². The second-order valence-corrected chi connectivity index (χ2v) is 10.0. The van der Waals surface area contributed by atoms with Gasteiger partial charge in [0.1, 0.15) is 19.2 Å². The molecule has 1 atom stereocenters. The Kier molecular flexibility index (Phi) is 12.4. The van der Waals surface area contributed by atoms with Gasteiger partial charge in [0.25, 0.3) is 0 Å². The summed E-state index contributed by atoms with van der Waals surface area (Å²) in [7, 11) is 0. The molecule has 1 fully saturated rings. The lowest BCUT2D eigenvalue weighted by Gasteiger charge is -2.46. The fourth-order valence-electron chi connectivity index (χ4n) is 4.31. The lowest BCUT2D eigenvalue weighted by atomic mass is 9.97. The van der Waals surface area contributed by atoms with Gasteiger partial charge in [0, 0.05) is 50.8 Å². The van der Waals surface area contributed by atoms with Crippen molar-refractivity contribution in [3.63, 3.8) is 0 Å². The minimum Gasteiger partial charge on any atom is -0.445 e. The highest BCUT2D eigenvalue weighted by Crippen LogP contribution is 2.29. The number of halogens is 4. The quantitative estimate of drug-likeness (QED) is 0.259. The van der Waals surface area contributed by atoms with E-state index in [0.717, 1.165) is 4.90 Å². The maximum atomic E-state index is 13.5. The number of amides is 3. The molecule has 1 saturated heterocycles. The minimum absolute atomic E-state index is 0.0766. The van der Waals surface area contributed by atoms with Gasteiger partial charge in [-0.25, -0.2) is 4.79 Å². The largest absolute Gasteiger partial charge is 0.445 e. The van der Waals surface area contributed by atoms with Crippen molar-refractivity contribution in [2.24, 2.45) is 0 Å². The van der Waals surface area contributed by atoms with E-state index in [1.165, 1.54) is 18.5 Å². The van der Waals surface area contributed by atoms with Gasteiger partial charge in [-0.05, 0) is 33.8 Å². The van der Waals surface area contributed by atoms with Crippen molar-refractivity contribution in [3.05, 3.63) is 41.7 Å². The Labute approximate surface area is 242 Å². The Hall–Kier alpha value is -2.94. The molecule has 0 aliphatic carbocycles. The molecule has 11 nitrogen and oxygen atoms in total. The SMILES string of the molecule is C=CCOC(=O)N1CCN(C(C)(C)C(=O)NCC(OCC)(OCC)c2cncc(Cl)c2)C[C@H]1C(=O)NCC(F)(F)F. The van der Waals surface area contributed by atoms with E-state index >= 15 is 0 Å². The normalized spacial score (nSPS) is 16.7. The number of nitrogens with one attached hydrogen (secondary N) is 2. The van der Waals surface area contributed by atoms with Crippen LogP contribution < -0.4 is 10.6 Å². The molecule has 0 saturated carbocycles. The van der Waals surface area contributed by atoms with Crippen LogP contribution in [0.25, 0.3) is 0 Å². The highest BCUT2D eigenvalue weighted by atomic mass is 35.5. The van der Waals surface area contributed by atoms with E-state index in [9.17, 15) is 27.6 Å². The summed E-state index contributed by atoms with van der Waals surface area (Å²) in [6.07, 6.45) is -1.24. The molecule has 0 spiro atoms. The third kappa shape index (κ3) is 9.28. The third-order valence-corrected chi connectivity index (χ3v) is 6.64. The van der Waals surface area contributed by atoms with E-state index in [1.807, 2.05) is 5.32 Å². The zero-order chi connectivity index (χ0) is 30.8. The molecular weight excluding hydrogens is 571 g/mol. The summed E-state index contributed by atoms with van der Waals surface area (Å²) >= 11 is 6.13. The molecule has 15 heteroatoms.